The maximum Gasteiger partial charge on any atom is 0.250 e. The molecule has 0 radical (unpaired) electrons. The summed E-state index contributed by atoms with van der Waals surface area (Å²) in [4.78, 5) is 10.7. The molecular weight excluding hydrogens is 187 g/mol. The number of nitrogens with two attached hydrogens (primary N) is 1. The highest BCUT2D eigenvalue weighted by atomic mass is 35.5. The molecule has 0 unspecified atom stereocenters. The van der Waals surface area contributed by atoms with Gasteiger partial charge in [-0.15, -0.1) is 24.8 Å². The third-order valence-electron chi connectivity index (χ3n) is 1.11. The predicted octanol–water partition coefficient (Wildman–Crippen LogP) is 0.811. The summed E-state index contributed by atoms with van der Waals surface area (Å²) in [6.07, 6.45) is 1.59. The van der Waals surface area contributed by atoms with Gasteiger partial charge in [-0.3, -0.25) is 4.79 Å². The maximum atomic E-state index is 10.7. The second-order valence-electron chi connectivity index (χ2n) is 1.91. The number of pyridine rings is 1. The van der Waals surface area contributed by atoms with Gasteiger partial charge in [0.05, 0.1) is 0 Å². The fourth-order valence-electron chi connectivity index (χ4n) is 0.615. The zero-order valence-corrected chi connectivity index (χ0v) is 7.61. The molecule has 1 aromatic heterocycles. The molecule has 0 spiro atoms. The van der Waals surface area contributed by atoms with E-state index < -0.39 is 0 Å². The highest BCUT2D eigenvalue weighted by molar-refractivity contribution is 5.85. The van der Waals surface area contributed by atoms with Gasteiger partial charge in [0.1, 0.15) is 0 Å². The Labute approximate surface area is 77.0 Å². The molecule has 0 fully saturated rings. The lowest BCUT2D eigenvalue weighted by atomic mass is 10.4. The van der Waals surface area contributed by atoms with Crippen molar-refractivity contribution in [1.82, 2.24) is 4.57 Å². The Morgan fingerprint density at radius 3 is 2.27 bits per heavy atom. The van der Waals surface area contributed by atoms with Crippen molar-refractivity contribution in [2.24, 2.45) is 7.05 Å². The largest absolute Gasteiger partial charge is 0.398 e. The molecule has 1 heterocycles. The topological polar surface area (TPSA) is 48.0 Å². The minimum Gasteiger partial charge on any atom is -0.398 e. The van der Waals surface area contributed by atoms with Crippen molar-refractivity contribution < 1.29 is 0 Å². The summed E-state index contributed by atoms with van der Waals surface area (Å²) in [5.41, 5.74) is 5.94. The molecule has 0 saturated carbocycles. The molecule has 0 atom stereocenters. The molecule has 0 aromatic carbocycles. The predicted molar refractivity (Wildman–Crippen MR) is 50.6 cm³/mol. The summed E-state index contributed by atoms with van der Waals surface area (Å²) in [7, 11) is 1.67. The van der Waals surface area contributed by atoms with E-state index in [4.69, 9.17) is 5.73 Å². The lowest BCUT2D eigenvalue weighted by molar-refractivity contribution is 0.863. The summed E-state index contributed by atoms with van der Waals surface area (Å²) in [5.74, 6) is 0. The summed E-state index contributed by atoms with van der Waals surface area (Å²) >= 11 is 0. The third kappa shape index (κ3) is 3.30. The molecule has 3 nitrogen and oxygen atoms in total. The van der Waals surface area contributed by atoms with Crippen LogP contribution in [0.4, 0.5) is 5.69 Å². The molecule has 1 aromatic rings. The fourth-order valence-corrected chi connectivity index (χ4v) is 0.615. The molecule has 0 bridgehead atoms. The van der Waals surface area contributed by atoms with Crippen LogP contribution in [0.1, 0.15) is 0 Å². The number of nitrogens with zero attached hydrogens (tertiary/aromatic N) is 1. The van der Waals surface area contributed by atoms with Crippen LogP contribution in [-0.2, 0) is 7.05 Å². The van der Waals surface area contributed by atoms with Gasteiger partial charge < -0.3 is 10.3 Å². The number of nitrogen functional groups attached to an aromatic ring is 1. The smallest absolute Gasteiger partial charge is 0.250 e. The number of rotatable bonds is 0. The van der Waals surface area contributed by atoms with Crippen molar-refractivity contribution in [1.29, 1.82) is 0 Å². The van der Waals surface area contributed by atoms with Gasteiger partial charge in [-0.2, -0.15) is 0 Å². The highest BCUT2D eigenvalue weighted by Crippen LogP contribution is 1.92. The first-order chi connectivity index (χ1) is 4.20. The van der Waals surface area contributed by atoms with Crippen molar-refractivity contribution in [3.63, 3.8) is 0 Å². The molecule has 5 heteroatoms. The Kier molecular flexibility index (Phi) is 5.94. The summed E-state index contributed by atoms with van der Waals surface area (Å²) < 4.78 is 1.44. The molecule has 0 amide bonds. The van der Waals surface area contributed by atoms with Crippen LogP contribution >= 0.6 is 24.8 Å². The fraction of sp³-hybridized carbons (Fsp3) is 0.167. The Morgan fingerprint density at radius 1 is 1.36 bits per heavy atom. The Balaban J connectivity index is 0. The van der Waals surface area contributed by atoms with Crippen molar-refractivity contribution >= 4 is 30.5 Å². The maximum absolute atomic E-state index is 10.7. The van der Waals surface area contributed by atoms with Crippen LogP contribution in [0, 0.1) is 0 Å². The number of aromatic nitrogens is 1. The SMILES string of the molecule is Cl.Cl.Cn1cc(N)ccc1=O. The number of hydrogen-bond donors (Lipinski definition) is 1. The molecule has 0 aliphatic heterocycles. The van der Waals surface area contributed by atoms with E-state index in [-0.39, 0.29) is 30.4 Å². The summed E-state index contributed by atoms with van der Waals surface area (Å²) in [6, 6.07) is 3.03. The van der Waals surface area contributed by atoms with Crippen LogP contribution in [0.15, 0.2) is 23.1 Å². The van der Waals surface area contributed by atoms with Gasteiger partial charge in [-0.25, -0.2) is 0 Å². The molecule has 2 N–H and O–H groups in total. The molecular formula is C6H10Cl2N2O. The average Bonchev–Trinajstić information content (AvgIpc) is 1.80. The minimum atomic E-state index is -0.0378. The first kappa shape index (κ1) is 13.0. The number of hydrogen-bond acceptors (Lipinski definition) is 2. The number of halogens is 2. The van der Waals surface area contributed by atoms with Crippen molar-refractivity contribution in [3.05, 3.63) is 28.7 Å². The summed E-state index contributed by atoms with van der Waals surface area (Å²) in [6.45, 7) is 0. The normalized spacial score (nSPS) is 7.73. The second kappa shape index (κ2) is 5.04. The lowest BCUT2D eigenvalue weighted by Crippen LogP contribution is -2.14. The first-order valence-corrected chi connectivity index (χ1v) is 2.62. The molecule has 64 valence electrons. The van der Waals surface area contributed by atoms with E-state index in [1.165, 1.54) is 10.6 Å². The van der Waals surface area contributed by atoms with Gasteiger partial charge in [0, 0.05) is 25.0 Å². The van der Waals surface area contributed by atoms with Gasteiger partial charge in [0.15, 0.2) is 0 Å². The zero-order valence-electron chi connectivity index (χ0n) is 5.98. The zero-order chi connectivity index (χ0) is 6.85. The lowest BCUT2D eigenvalue weighted by Gasteiger charge is -1.95. The Bertz CT molecular complexity index is 272. The molecule has 11 heavy (non-hydrogen) atoms. The summed E-state index contributed by atoms with van der Waals surface area (Å²) in [5, 5.41) is 0. The van der Waals surface area contributed by atoms with E-state index in [1.807, 2.05) is 0 Å². The minimum absolute atomic E-state index is 0. The van der Waals surface area contributed by atoms with Crippen LogP contribution in [0.3, 0.4) is 0 Å². The first-order valence-electron chi connectivity index (χ1n) is 2.62. The van der Waals surface area contributed by atoms with Crippen LogP contribution < -0.4 is 11.3 Å². The van der Waals surface area contributed by atoms with Gasteiger partial charge in [0.25, 0.3) is 0 Å². The highest BCUT2D eigenvalue weighted by Gasteiger charge is 1.86. The van der Waals surface area contributed by atoms with E-state index in [9.17, 15) is 4.79 Å². The van der Waals surface area contributed by atoms with Crippen LogP contribution in [0.2, 0.25) is 0 Å². The number of aryl methyl sites for hydroxylation is 1. The third-order valence-corrected chi connectivity index (χ3v) is 1.11. The Hall–Kier alpha value is -0.670. The van der Waals surface area contributed by atoms with Crippen molar-refractivity contribution in [2.45, 2.75) is 0 Å². The molecule has 1 rings (SSSR count). The van der Waals surface area contributed by atoms with E-state index in [1.54, 1.807) is 19.3 Å². The van der Waals surface area contributed by atoms with Gasteiger partial charge in [0.2, 0.25) is 5.56 Å². The monoisotopic (exact) mass is 196 g/mol. The van der Waals surface area contributed by atoms with Crippen molar-refractivity contribution in [3.8, 4) is 0 Å². The number of anilines is 1. The van der Waals surface area contributed by atoms with E-state index >= 15 is 0 Å². The van der Waals surface area contributed by atoms with E-state index in [2.05, 4.69) is 0 Å². The Morgan fingerprint density at radius 2 is 1.91 bits per heavy atom. The van der Waals surface area contributed by atoms with Crippen LogP contribution in [0.25, 0.3) is 0 Å². The van der Waals surface area contributed by atoms with Crippen molar-refractivity contribution in [2.75, 3.05) is 5.73 Å². The van der Waals surface area contributed by atoms with E-state index in [0.717, 1.165) is 0 Å². The van der Waals surface area contributed by atoms with Gasteiger partial charge >= 0.3 is 0 Å². The second-order valence-corrected chi connectivity index (χ2v) is 1.91. The average molecular weight is 197 g/mol. The van der Waals surface area contributed by atoms with Crippen LogP contribution in [0.5, 0.6) is 0 Å². The molecule has 0 aliphatic rings. The van der Waals surface area contributed by atoms with Gasteiger partial charge in [-0.05, 0) is 6.07 Å². The quantitative estimate of drug-likeness (QED) is 0.668. The molecule has 0 saturated heterocycles. The molecule has 0 aliphatic carbocycles. The standard InChI is InChI=1S/C6H8N2O.2ClH/c1-8-4-5(7)2-3-6(8)9;;/h2-4H,7H2,1H3;2*1H. The van der Waals surface area contributed by atoms with Crippen LogP contribution in [-0.4, -0.2) is 4.57 Å². The van der Waals surface area contributed by atoms with E-state index in [0.29, 0.717) is 5.69 Å². The van der Waals surface area contributed by atoms with Gasteiger partial charge in [-0.1, -0.05) is 0 Å².